The molecule has 35 heavy (non-hydrogen) atoms. The van der Waals surface area contributed by atoms with Crippen LogP contribution >= 0.6 is 11.6 Å². The van der Waals surface area contributed by atoms with Gasteiger partial charge in [0.15, 0.2) is 24.2 Å². The van der Waals surface area contributed by atoms with E-state index in [9.17, 15) is 19.2 Å². The van der Waals surface area contributed by atoms with Crippen molar-refractivity contribution in [3.8, 4) is 0 Å². The third-order valence-electron chi connectivity index (χ3n) is 6.06. The summed E-state index contributed by atoms with van der Waals surface area (Å²) in [5.74, 6) is -2.19. The number of aliphatic hydroxyl groups excluding tert-OH is 1. The fourth-order valence-corrected chi connectivity index (χ4v) is 4.47. The highest BCUT2D eigenvalue weighted by Gasteiger charge is 2.48. The first-order chi connectivity index (χ1) is 16.7. The van der Waals surface area contributed by atoms with Crippen LogP contribution < -0.4 is 9.88 Å². The Labute approximate surface area is 207 Å². The molecule has 0 aliphatic heterocycles. The number of aliphatic carboxylic acids is 1. The summed E-state index contributed by atoms with van der Waals surface area (Å²) in [6.45, 7) is -1.02. The molecule has 1 aliphatic carbocycles. The number of aromatic nitrogens is 1. The van der Waals surface area contributed by atoms with E-state index in [-0.39, 0.29) is 18.1 Å². The van der Waals surface area contributed by atoms with Crippen LogP contribution in [0.5, 0.6) is 0 Å². The number of aliphatic hydroxyl groups is 1. The number of halogens is 1. The van der Waals surface area contributed by atoms with Crippen molar-refractivity contribution < 1.29 is 38.7 Å². The van der Waals surface area contributed by atoms with E-state index in [0.717, 1.165) is 12.8 Å². The number of ketones is 1. The van der Waals surface area contributed by atoms with Gasteiger partial charge >= 0.3 is 12.1 Å². The van der Waals surface area contributed by atoms with Crippen LogP contribution in [0, 0.1) is 0 Å². The minimum absolute atomic E-state index is 0.103. The summed E-state index contributed by atoms with van der Waals surface area (Å²) >= 11 is 6.42. The van der Waals surface area contributed by atoms with Crippen molar-refractivity contribution in [2.45, 2.75) is 44.0 Å². The zero-order chi connectivity index (χ0) is 25.6. The smallest absolute Gasteiger partial charge is 0.415 e. The van der Waals surface area contributed by atoms with E-state index in [4.69, 9.17) is 26.6 Å². The average molecular weight is 505 g/mol. The Bertz CT molecular complexity index is 1130. The molecule has 1 fully saturated rings. The van der Waals surface area contributed by atoms with Gasteiger partial charge in [-0.1, -0.05) is 29.8 Å². The van der Waals surface area contributed by atoms with Gasteiger partial charge in [-0.05, 0) is 31.4 Å². The monoisotopic (exact) mass is 504 g/mol. The Morgan fingerprint density at radius 3 is 2.63 bits per heavy atom. The summed E-state index contributed by atoms with van der Waals surface area (Å²) in [6, 6.07) is 8.46. The maximum Gasteiger partial charge on any atom is 0.415 e. The van der Waals surface area contributed by atoms with Gasteiger partial charge in [0.2, 0.25) is 0 Å². The summed E-state index contributed by atoms with van der Waals surface area (Å²) < 4.78 is 6.86. The topological polar surface area (TPSA) is 137 Å². The number of likely N-dealkylation sites (N-methyl/N-ethyl adjacent to an activating group) is 1. The summed E-state index contributed by atoms with van der Waals surface area (Å²) in [7, 11) is 1.50. The molecule has 1 unspecified atom stereocenters. The lowest BCUT2D eigenvalue weighted by Gasteiger charge is -2.43. The molecule has 3 rings (SSSR count). The first-order valence-corrected chi connectivity index (χ1v) is 11.4. The fourth-order valence-electron chi connectivity index (χ4n) is 4.18. The number of ether oxygens (including phenoxy) is 1. The lowest BCUT2D eigenvalue weighted by molar-refractivity contribution is -0.727. The van der Waals surface area contributed by atoms with Crippen molar-refractivity contribution in [1.29, 1.82) is 0 Å². The largest absolute Gasteiger partial charge is 0.480 e. The third kappa shape index (κ3) is 5.60. The van der Waals surface area contributed by atoms with Gasteiger partial charge in [-0.25, -0.2) is 9.59 Å². The SMILES string of the molecule is CN(C(=O)OC[n+]1cccc(C(=O)N[C@@H](CO)C(=O)O)c1)C1(c2ccccc2Cl)CCCCC1=O. The first kappa shape index (κ1) is 26.1. The second-order valence-electron chi connectivity index (χ2n) is 8.22. The highest BCUT2D eigenvalue weighted by atomic mass is 35.5. The number of benzene rings is 1. The molecule has 11 heteroatoms. The van der Waals surface area contributed by atoms with Crippen LogP contribution in [0.25, 0.3) is 0 Å². The number of carbonyl (C=O) groups excluding carboxylic acids is 3. The number of nitrogens with zero attached hydrogens (tertiary/aromatic N) is 2. The van der Waals surface area contributed by atoms with Crippen LogP contribution in [-0.2, 0) is 26.6 Å². The Balaban J connectivity index is 1.76. The number of carbonyl (C=O) groups is 4. The van der Waals surface area contributed by atoms with Crippen LogP contribution in [0.2, 0.25) is 5.02 Å². The quantitative estimate of drug-likeness (QED) is 0.467. The Kier molecular flexibility index (Phi) is 8.42. The third-order valence-corrected chi connectivity index (χ3v) is 6.39. The van der Waals surface area contributed by atoms with Gasteiger partial charge in [-0.2, -0.15) is 4.57 Å². The predicted molar refractivity (Wildman–Crippen MR) is 123 cm³/mol. The zero-order valence-corrected chi connectivity index (χ0v) is 19.9. The molecule has 2 atom stereocenters. The molecular formula is C24H27ClN3O7+. The lowest BCUT2D eigenvalue weighted by atomic mass is 9.74. The molecule has 0 bridgehead atoms. The van der Waals surface area contributed by atoms with E-state index in [1.807, 2.05) is 0 Å². The maximum atomic E-state index is 13.2. The minimum atomic E-state index is -1.45. The summed E-state index contributed by atoms with van der Waals surface area (Å²) in [5, 5.41) is 20.7. The van der Waals surface area contributed by atoms with Gasteiger partial charge in [0.25, 0.3) is 12.6 Å². The van der Waals surface area contributed by atoms with Crippen LogP contribution in [0.15, 0.2) is 48.8 Å². The predicted octanol–water partition coefficient (Wildman–Crippen LogP) is 1.87. The molecule has 0 spiro atoms. The van der Waals surface area contributed by atoms with Crippen LogP contribution in [0.3, 0.4) is 0 Å². The maximum absolute atomic E-state index is 13.2. The van der Waals surface area contributed by atoms with Gasteiger partial charge in [0, 0.05) is 30.1 Å². The van der Waals surface area contributed by atoms with Crippen molar-refractivity contribution in [3.63, 3.8) is 0 Å². The van der Waals surface area contributed by atoms with E-state index < -0.39 is 36.2 Å². The Hall–Kier alpha value is -3.50. The van der Waals surface area contributed by atoms with Crippen molar-refractivity contribution in [3.05, 3.63) is 64.9 Å². The number of pyridine rings is 1. The molecular weight excluding hydrogens is 478 g/mol. The van der Waals surface area contributed by atoms with E-state index >= 15 is 0 Å². The molecule has 0 radical (unpaired) electrons. The Morgan fingerprint density at radius 2 is 1.97 bits per heavy atom. The molecule has 186 valence electrons. The second-order valence-corrected chi connectivity index (χ2v) is 8.63. The fraction of sp³-hybridized carbons (Fsp3) is 0.375. The molecule has 1 heterocycles. The molecule has 2 amide bonds. The molecule has 1 saturated carbocycles. The van der Waals surface area contributed by atoms with Crippen molar-refractivity contribution in [2.75, 3.05) is 13.7 Å². The van der Waals surface area contributed by atoms with Gasteiger partial charge in [-0.3, -0.25) is 14.5 Å². The van der Waals surface area contributed by atoms with Gasteiger partial charge in [0.05, 0.1) is 6.61 Å². The van der Waals surface area contributed by atoms with Crippen molar-refractivity contribution in [2.24, 2.45) is 0 Å². The normalized spacial score (nSPS) is 18.4. The zero-order valence-electron chi connectivity index (χ0n) is 19.1. The van der Waals surface area contributed by atoms with Crippen LogP contribution in [0.1, 0.15) is 41.6 Å². The van der Waals surface area contributed by atoms with Crippen LogP contribution in [-0.4, -0.2) is 58.6 Å². The number of hydrogen-bond acceptors (Lipinski definition) is 6. The summed E-state index contributed by atoms with van der Waals surface area (Å²) in [4.78, 5) is 50.8. The number of nitrogens with one attached hydrogen (secondary N) is 1. The number of rotatable bonds is 8. The van der Waals surface area contributed by atoms with E-state index in [2.05, 4.69) is 5.32 Å². The number of Topliss-reactive ketones (excluding diaryl/α,β-unsaturated/α-hetero) is 1. The number of carboxylic acids is 1. The molecule has 2 aromatic rings. The Morgan fingerprint density at radius 1 is 1.23 bits per heavy atom. The molecule has 0 saturated heterocycles. The van der Waals surface area contributed by atoms with Gasteiger partial charge < -0.3 is 20.3 Å². The minimum Gasteiger partial charge on any atom is -0.480 e. The van der Waals surface area contributed by atoms with E-state index in [1.165, 1.54) is 34.8 Å². The van der Waals surface area contributed by atoms with E-state index in [1.54, 1.807) is 30.5 Å². The van der Waals surface area contributed by atoms with Gasteiger partial charge in [-0.15, -0.1) is 0 Å². The standard InChI is InChI=1S/C24H26ClN3O7/c1-27(24(11-5-4-10-20(24)30)17-8-2-3-9-18(17)25)23(34)35-15-28-12-6-7-16(13-28)21(31)26-19(14-29)22(32)33/h2-3,6-9,12-13,19,29H,4-5,10-11,14-15H2,1H3,(H-,26,31,32,33)/p+1/t19-,24?/m0/s1. The van der Waals surface area contributed by atoms with Gasteiger partial charge in [0.1, 0.15) is 11.1 Å². The summed E-state index contributed by atoms with van der Waals surface area (Å²) in [5.41, 5.74) is -0.587. The summed E-state index contributed by atoms with van der Waals surface area (Å²) in [6.07, 6.45) is 4.39. The molecule has 3 N–H and O–H groups in total. The number of hydrogen-bond donors (Lipinski definition) is 3. The number of amides is 2. The average Bonchev–Trinajstić information content (AvgIpc) is 2.86. The molecule has 10 nitrogen and oxygen atoms in total. The molecule has 1 aromatic carbocycles. The first-order valence-electron chi connectivity index (χ1n) is 11.0. The highest BCUT2D eigenvalue weighted by Crippen LogP contribution is 2.42. The highest BCUT2D eigenvalue weighted by molar-refractivity contribution is 6.31. The van der Waals surface area contributed by atoms with Crippen molar-refractivity contribution >= 4 is 35.4 Å². The molecule has 1 aliphatic rings. The second kappa shape index (κ2) is 11.3. The van der Waals surface area contributed by atoms with Crippen LogP contribution in [0.4, 0.5) is 4.79 Å². The van der Waals surface area contributed by atoms with E-state index in [0.29, 0.717) is 23.4 Å². The molecule has 1 aromatic heterocycles. The number of carboxylic acid groups (broad SMARTS) is 1. The lowest BCUT2D eigenvalue weighted by Crippen LogP contribution is -2.55. The van der Waals surface area contributed by atoms with Crippen molar-refractivity contribution in [1.82, 2.24) is 10.2 Å².